The van der Waals surface area contributed by atoms with E-state index in [0.29, 0.717) is 17.7 Å². The van der Waals surface area contributed by atoms with Crippen molar-refractivity contribution < 1.29 is 13.2 Å². The molecule has 0 spiro atoms. The van der Waals surface area contributed by atoms with Crippen LogP contribution in [-0.2, 0) is 12.7 Å². The van der Waals surface area contributed by atoms with Gasteiger partial charge in [0.1, 0.15) is 0 Å². The van der Waals surface area contributed by atoms with E-state index in [4.69, 9.17) is 5.73 Å². The van der Waals surface area contributed by atoms with Gasteiger partial charge in [-0.05, 0) is 47.4 Å². The molecule has 0 bridgehead atoms. The Kier molecular flexibility index (Phi) is 3.62. The lowest BCUT2D eigenvalue weighted by atomic mass is 9.98. The zero-order valence-corrected chi connectivity index (χ0v) is 10.5. The average Bonchev–Trinajstić information content (AvgIpc) is 2.37. The maximum atomic E-state index is 12.8. The van der Waals surface area contributed by atoms with E-state index in [1.54, 1.807) is 25.1 Å². The third kappa shape index (κ3) is 3.15. The minimum absolute atomic E-state index is 0.367. The number of hydrogen-bond acceptors (Lipinski definition) is 1. The SMILES string of the molecule is Cc1cc(-c2cccc(CN)c2)cc(C(F)(F)F)c1. The summed E-state index contributed by atoms with van der Waals surface area (Å²) in [6.07, 6.45) is -4.33. The summed E-state index contributed by atoms with van der Waals surface area (Å²) >= 11 is 0. The first-order valence-electron chi connectivity index (χ1n) is 5.88. The molecule has 2 N–H and O–H groups in total. The van der Waals surface area contributed by atoms with E-state index in [1.165, 1.54) is 6.07 Å². The molecule has 0 aliphatic carbocycles. The quantitative estimate of drug-likeness (QED) is 0.867. The Labute approximate surface area is 109 Å². The largest absolute Gasteiger partial charge is 0.416 e. The first kappa shape index (κ1) is 13.6. The summed E-state index contributed by atoms with van der Waals surface area (Å²) in [7, 11) is 0. The second-order valence-electron chi connectivity index (χ2n) is 4.49. The normalized spacial score (nSPS) is 11.6. The number of alkyl halides is 3. The minimum Gasteiger partial charge on any atom is -0.326 e. The zero-order valence-electron chi connectivity index (χ0n) is 10.5. The molecule has 4 heteroatoms. The summed E-state index contributed by atoms with van der Waals surface area (Å²) in [5.74, 6) is 0. The summed E-state index contributed by atoms with van der Waals surface area (Å²) < 4.78 is 38.4. The first-order chi connectivity index (χ1) is 8.90. The van der Waals surface area contributed by atoms with Crippen LogP contribution in [0.3, 0.4) is 0 Å². The summed E-state index contributed by atoms with van der Waals surface area (Å²) in [5.41, 5.74) is 7.71. The maximum absolute atomic E-state index is 12.8. The van der Waals surface area contributed by atoms with Crippen LogP contribution < -0.4 is 5.73 Å². The molecular weight excluding hydrogens is 251 g/mol. The van der Waals surface area contributed by atoms with Crippen LogP contribution in [0.25, 0.3) is 11.1 Å². The van der Waals surface area contributed by atoms with Gasteiger partial charge in [-0.2, -0.15) is 13.2 Å². The van der Waals surface area contributed by atoms with Crippen LogP contribution in [0.1, 0.15) is 16.7 Å². The lowest BCUT2D eigenvalue weighted by Gasteiger charge is -2.11. The molecule has 0 fully saturated rings. The predicted molar refractivity (Wildman–Crippen MR) is 69.5 cm³/mol. The van der Waals surface area contributed by atoms with Crippen LogP contribution in [0.15, 0.2) is 42.5 Å². The summed E-state index contributed by atoms with van der Waals surface area (Å²) in [6.45, 7) is 2.03. The van der Waals surface area contributed by atoms with Gasteiger partial charge in [0.2, 0.25) is 0 Å². The van der Waals surface area contributed by atoms with Gasteiger partial charge in [-0.25, -0.2) is 0 Å². The van der Waals surface area contributed by atoms with E-state index in [-0.39, 0.29) is 0 Å². The van der Waals surface area contributed by atoms with Gasteiger partial charge in [-0.3, -0.25) is 0 Å². The van der Waals surface area contributed by atoms with Crippen LogP contribution in [0.4, 0.5) is 13.2 Å². The standard InChI is InChI=1S/C15H14F3N/c1-10-5-13(8-14(6-10)15(16,17)18)12-4-2-3-11(7-12)9-19/h2-8H,9,19H2,1H3. The predicted octanol–water partition coefficient (Wildman–Crippen LogP) is 4.14. The van der Waals surface area contributed by atoms with Crippen LogP contribution in [0.2, 0.25) is 0 Å². The van der Waals surface area contributed by atoms with Gasteiger partial charge in [-0.15, -0.1) is 0 Å². The molecule has 0 unspecified atom stereocenters. The molecule has 0 aliphatic rings. The average molecular weight is 265 g/mol. The monoisotopic (exact) mass is 265 g/mol. The number of benzene rings is 2. The van der Waals surface area contributed by atoms with Gasteiger partial charge in [0, 0.05) is 6.54 Å². The lowest BCUT2D eigenvalue weighted by molar-refractivity contribution is -0.137. The Morgan fingerprint density at radius 2 is 1.74 bits per heavy atom. The summed E-state index contributed by atoms with van der Waals surface area (Å²) in [6, 6.07) is 11.3. The molecule has 2 rings (SSSR count). The van der Waals surface area contributed by atoms with Crippen LogP contribution in [0, 0.1) is 6.92 Å². The van der Waals surface area contributed by atoms with E-state index in [2.05, 4.69) is 0 Å². The Balaban J connectivity index is 2.53. The van der Waals surface area contributed by atoms with Crippen LogP contribution >= 0.6 is 0 Å². The van der Waals surface area contributed by atoms with Crippen LogP contribution in [0.5, 0.6) is 0 Å². The highest BCUT2D eigenvalue weighted by molar-refractivity contribution is 5.66. The summed E-state index contributed by atoms with van der Waals surface area (Å²) in [5, 5.41) is 0. The smallest absolute Gasteiger partial charge is 0.326 e. The third-order valence-electron chi connectivity index (χ3n) is 2.90. The maximum Gasteiger partial charge on any atom is 0.416 e. The fourth-order valence-electron chi connectivity index (χ4n) is 1.99. The Hall–Kier alpha value is -1.81. The van der Waals surface area contributed by atoms with E-state index in [0.717, 1.165) is 17.2 Å². The second kappa shape index (κ2) is 5.05. The Morgan fingerprint density at radius 3 is 2.37 bits per heavy atom. The molecule has 0 amide bonds. The fraction of sp³-hybridized carbons (Fsp3) is 0.200. The molecular formula is C15H14F3N. The van der Waals surface area contributed by atoms with Crippen molar-refractivity contribution in [1.29, 1.82) is 0 Å². The molecule has 0 aliphatic heterocycles. The molecule has 2 aromatic carbocycles. The first-order valence-corrected chi connectivity index (χ1v) is 5.88. The molecule has 0 aromatic heterocycles. The van der Waals surface area contributed by atoms with Crippen molar-refractivity contribution in [3.05, 3.63) is 59.2 Å². The van der Waals surface area contributed by atoms with Crippen molar-refractivity contribution in [2.45, 2.75) is 19.6 Å². The third-order valence-corrected chi connectivity index (χ3v) is 2.90. The molecule has 1 nitrogen and oxygen atoms in total. The Bertz CT molecular complexity index is 588. The van der Waals surface area contributed by atoms with Gasteiger partial charge < -0.3 is 5.73 Å². The highest BCUT2D eigenvalue weighted by atomic mass is 19.4. The molecule has 0 atom stereocenters. The molecule has 0 heterocycles. The van der Waals surface area contributed by atoms with Gasteiger partial charge >= 0.3 is 6.18 Å². The molecule has 2 aromatic rings. The Morgan fingerprint density at radius 1 is 1.00 bits per heavy atom. The minimum atomic E-state index is -4.33. The van der Waals surface area contributed by atoms with Crippen molar-refractivity contribution in [3.8, 4) is 11.1 Å². The van der Waals surface area contributed by atoms with E-state index < -0.39 is 11.7 Å². The van der Waals surface area contributed by atoms with Gasteiger partial charge in [-0.1, -0.05) is 24.3 Å². The number of hydrogen-bond donors (Lipinski definition) is 1. The van der Waals surface area contributed by atoms with Crippen molar-refractivity contribution in [1.82, 2.24) is 0 Å². The van der Waals surface area contributed by atoms with E-state index in [9.17, 15) is 13.2 Å². The highest BCUT2D eigenvalue weighted by Crippen LogP contribution is 2.33. The number of aryl methyl sites for hydroxylation is 1. The topological polar surface area (TPSA) is 26.0 Å². The second-order valence-corrected chi connectivity index (χ2v) is 4.49. The van der Waals surface area contributed by atoms with Gasteiger partial charge in [0.25, 0.3) is 0 Å². The molecule has 100 valence electrons. The molecule has 0 radical (unpaired) electrons. The number of nitrogens with two attached hydrogens (primary N) is 1. The highest BCUT2D eigenvalue weighted by Gasteiger charge is 2.30. The van der Waals surface area contributed by atoms with Crippen molar-refractivity contribution in [3.63, 3.8) is 0 Å². The van der Waals surface area contributed by atoms with E-state index in [1.807, 2.05) is 12.1 Å². The number of rotatable bonds is 2. The zero-order chi connectivity index (χ0) is 14.0. The molecule has 0 saturated heterocycles. The van der Waals surface area contributed by atoms with E-state index >= 15 is 0 Å². The fourth-order valence-corrected chi connectivity index (χ4v) is 1.99. The lowest BCUT2D eigenvalue weighted by Crippen LogP contribution is -2.05. The number of halogens is 3. The summed E-state index contributed by atoms with van der Waals surface area (Å²) in [4.78, 5) is 0. The van der Waals surface area contributed by atoms with Crippen molar-refractivity contribution >= 4 is 0 Å². The van der Waals surface area contributed by atoms with Crippen molar-refractivity contribution in [2.24, 2.45) is 5.73 Å². The van der Waals surface area contributed by atoms with Gasteiger partial charge in [0.05, 0.1) is 5.56 Å². The molecule has 0 saturated carbocycles. The molecule has 19 heavy (non-hydrogen) atoms. The van der Waals surface area contributed by atoms with Gasteiger partial charge in [0.15, 0.2) is 0 Å². The van der Waals surface area contributed by atoms with Crippen LogP contribution in [-0.4, -0.2) is 0 Å². The van der Waals surface area contributed by atoms with Crippen molar-refractivity contribution in [2.75, 3.05) is 0 Å².